The van der Waals surface area contributed by atoms with Crippen molar-refractivity contribution in [3.05, 3.63) is 39.9 Å². The smallest absolute Gasteiger partial charge is 0.269 e. The standard InChI is InChI=1S/C10H10Cl2N2O4/c11-9(12)10(16)13-5-8(15)6-1-3-7(4-2-6)14(17)18/h1-4,8-9,15H,5H2,(H,13,16)/t8-/m0/s1. The van der Waals surface area contributed by atoms with E-state index in [-0.39, 0.29) is 12.2 Å². The Labute approximate surface area is 113 Å². The molecule has 0 aliphatic rings. The van der Waals surface area contributed by atoms with Gasteiger partial charge in [0.25, 0.3) is 11.6 Å². The molecule has 6 nitrogen and oxygen atoms in total. The summed E-state index contributed by atoms with van der Waals surface area (Å²) in [4.78, 5) is 19.7. The van der Waals surface area contributed by atoms with Gasteiger partial charge in [-0.3, -0.25) is 14.9 Å². The highest BCUT2D eigenvalue weighted by Gasteiger charge is 2.14. The summed E-state index contributed by atoms with van der Waals surface area (Å²) in [5, 5.41) is 22.5. The van der Waals surface area contributed by atoms with E-state index >= 15 is 0 Å². The van der Waals surface area contributed by atoms with Crippen molar-refractivity contribution in [1.29, 1.82) is 0 Å². The highest BCUT2D eigenvalue weighted by atomic mass is 35.5. The number of non-ortho nitro benzene ring substituents is 1. The van der Waals surface area contributed by atoms with E-state index in [0.717, 1.165) is 0 Å². The molecule has 0 aliphatic carbocycles. The van der Waals surface area contributed by atoms with Gasteiger partial charge >= 0.3 is 0 Å². The lowest BCUT2D eigenvalue weighted by Crippen LogP contribution is -2.32. The summed E-state index contributed by atoms with van der Waals surface area (Å²) in [5.74, 6) is -0.612. The fraction of sp³-hybridized carbons (Fsp3) is 0.300. The van der Waals surface area contributed by atoms with Gasteiger partial charge in [0.15, 0.2) is 4.84 Å². The molecule has 0 radical (unpaired) electrons. The molecule has 0 saturated heterocycles. The lowest BCUT2D eigenvalue weighted by atomic mass is 10.1. The van der Waals surface area contributed by atoms with E-state index in [2.05, 4.69) is 5.32 Å². The van der Waals surface area contributed by atoms with Gasteiger partial charge in [-0.25, -0.2) is 0 Å². The molecule has 0 fully saturated rings. The third-order valence-corrected chi connectivity index (χ3v) is 2.55. The Kier molecular flexibility index (Phi) is 5.33. The van der Waals surface area contributed by atoms with Gasteiger partial charge in [0.05, 0.1) is 11.0 Å². The molecule has 2 N–H and O–H groups in total. The van der Waals surface area contributed by atoms with Crippen LogP contribution in [0.2, 0.25) is 0 Å². The molecule has 0 heterocycles. The summed E-state index contributed by atoms with van der Waals surface area (Å²) in [6.45, 7) is -0.0768. The molecule has 0 unspecified atom stereocenters. The maximum absolute atomic E-state index is 11.0. The van der Waals surface area contributed by atoms with Crippen molar-refractivity contribution < 1.29 is 14.8 Å². The zero-order valence-electron chi connectivity index (χ0n) is 9.05. The van der Waals surface area contributed by atoms with Gasteiger partial charge < -0.3 is 10.4 Å². The number of carbonyl (C=O) groups excluding carboxylic acids is 1. The fourth-order valence-corrected chi connectivity index (χ4v) is 1.36. The Balaban J connectivity index is 2.59. The largest absolute Gasteiger partial charge is 0.387 e. The van der Waals surface area contributed by atoms with E-state index in [1.165, 1.54) is 24.3 Å². The van der Waals surface area contributed by atoms with Gasteiger partial charge in [0, 0.05) is 18.7 Å². The van der Waals surface area contributed by atoms with Gasteiger partial charge in [-0.1, -0.05) is 23.2 Å². The minimum absolute atomic E-state index is 0.0726. The first-order valence-electron chi connectivity index (χ1n) is 4.90. The molecule has 1 aromatic rings. The highest BCUT2D eigenvalue weighted by Crippen LogP contribution is 2.17. The number of halogens is 2. The third kappa shape index (κ3) is 4.14. The van der Waals surface area contributed by atoms with E-state index in [1.807, 2.05) is 0 Å². The van der Waals surface area contributed by atoms with Crippen molar-refractivity contribution in [1.82, 2.24) is 5.32 Å². The number of amides is 1. The number of carbonyl (C=O) groups is 1. The molecule has 18 heavy (non-hydrogen) atoms. The number of nitro benzene ring substituents is 1. The third-order valence-electron chi connectivity index (χ3n) is 2.16. The first kappa shape index (κ1) is 14.7. The Bertz CT molecular complexity index is 436. The lowest BCUT2D eigenvalue weighted by molar-refractivity contribution is -0.384. The SMILES string of the molecule is O=C(NC[C@H](O)c1ccc([N+](=O)[O-])cc1)C(Cl)Cl. The van der Waals surface area contributed by atoms with Crippen LogP contribution in [0.3, 0.4) is 0 Å². The molecule has 1 aromatic carbocycles. The number of aliphatic hydroxyl groups is 1. The molecule has 0 bridgehead atoms. The van der Waals surface area contributed by atoms with Crippen molar-refractivity contribution in [2.45, 2.75) is 10.9 Å². The van der Waals surface area contributed by atoms with Gasteiger partial charge in [-0.2, -0.15) is 0 Å². The van der Waals surface area contributed by atoms with Crippen LogP contribution >= 0.6 is 23.2 Å². The number of benzene rings is 1. The Morgan fingerprint density at radius 2 is 1.94 bits per heavy atom. The van der Waals surface area contributed by atoms with Gasteiger partial charge in [0.1, 0.15) is 0 Å². The molecule has 1 atom stereocenters. The molecule has 98 valence electrons. The Hall–Kier alpha value is -1.37. The number of nitro groups is 1. The minimum atomic E-state index is -1.20. The van der Waals surface area contributed by atoms with E-state index in [4.69, 9.17) is 23.2 Å². The summed E-state index contributed by atoms with van der Waals surface area (Å²) < 4.78 is 0. The summed E-state index contributed by atoms with van der Waals surface area (Å²) in [5.41, 5.74) is 0.373. The van der Waals surface area contributed by atoms with Crippen molar-refractivity contribution in [2.24, 2.45) is 0 Å². The van der Waals surface area contributed by atoms with Crippen LogP contribution in [-0.4, -0.2) is 27.3 Å². The van der Waals surface area contributed by atoms with Gasteiger partial charge in [-0.05, 0) is 17.7 Å². The number of alkyl halides is 2. The van der Waals surface area contributed by atoms with Gasteiger partial charge in [-0.15, -0.1) is 0 Å². The summed E-state index contributed by atoms with van der Waals surface area (Å²) in [6.07, 6.45) is -0.984. The van der Waals surface area contributed by atoms with Crippen LogP contribution in [0.5, 0.6) is 0 Å². The van der Waals surface area contributed by atoms with Crippen molar-refractivity contribution >= 4 is 34.8 Å². The monoisotopic (exact) mass is 292 g/mol. The van der Waals surface area contributed by atoms with E-state index < -0.39 is 21.8 Å². The average Bonchev–Trinajstić information content (AvgIpc) is 2.35. The van der Waals surface area contributed by atoms with Crippen LogP contribution < -0.4 is 5.32 Å². The molecule has 1 rings (SSSR count). The van der Waals surface area contributed by atoms with Crippen molar-refractivity contribution in [3.63, 3.8) is 0 Å². The van der Waals surface area contributed by atoms with Crippen LogP contribution in [0.4, 0.5) is 5.69 Å². The second kappa shape index (κ2) is 6.53. The normalized spacial score (nSPS) is 12.2. The van der Waals surface area contributed by atoms with Crippen LogP contribution in [0.15, 0.2) is 24.3 Å². The molecular weight excluding hydrogens is 283 g/mol. The highest BCUT2D eigenvalue weighted by molar-refractivity contribution is 6.53. The van der Waals surface area contributed by atoms with E-state index in [9.17, 15) is 20.0 Å². The van der Waals surface area contributed by atoms with Crippen molar-refractivity contribution in [3.8, 4) is 0 Å². The summed E-state index contributed by atoms with van der Waals surface area (Å²) in [6, 6.07) is 5.36. The number of nitrogens with one attached hydrogen (secondary N) is 1. The Morgan fingerprint density at radius 1 is 1.39 bits per heavy atom. The zero-order valence-corrected chi connectivity index (χ0v) is 10.6. The quantitative estimate of drug-likeness (QED) is 0.489. The molecule has 0 spiro atoms. The topological polar surface area (TPSA) is 92.5 Å². The number of hydrogen-bond acceptors (Lipinski definition) is 4. The summed E-state index contributed by atoms with van der Waals surface area (Å²) in [7, 11) is 0. The van der Waals surface area contributed by atoms with Crippen LogP contribution in [0.25, 0.3) is 0 Å². The number of aliphatic hydroxyl groups excluding tert-OH is 1. The molecule has 0 aliphatic heterocycles. The average molecular weight is 293 g/mol. The number of rotatable bonds is 5. The van der Waals surface area contributed by atoms with Crippen LogP contribution in [-0.2, 0) is 4.79 Å². The molecule has 8 heteroatoms. The second-order valence-electron chi connectivity index (χ2n) is 3.41. The first-order valence-corrected chi connectivity index (χ1v) is 5.77. The molecule has 0 aromatic heterocycles. The zero-order chi connectivity index (χ0) is 13.7. The maximum Gasteiger partial charge on any atom is 0.269 e. The van der Waals surface area contributed by atoms with E-state index in [0.29, 0.717) is 5.56 Å². The lowest BCUT2D eigenvalue weighted by Gasteiger charge is -2.12. The van der Waals surface area contributed by atoms with Gasteiger partial charge in [0.2, 0.25) is 0 Å². The van der Waals surface area contributed by atoms with Crippen LogP contribution in [0.1, 0.15) is 11.7 Å². The summed E-state index contributed by atoms with van der Waals surface area (Å²) >= 11 is 10.6. The minimum Gasteiger partial charge on any atom is -0.387 e. The predicted octanol–water partition coefficient (Wildman–Crippen LogP) is 1.55. The van der Waals surface area contributed by atoms with Crippen molar-refractivity contribution in [2.75, 3.05) is 6.54 Å². The molecule has 1 amide bonds. The predicted molar refractivity (Wildman–Crippen MR) is 66.6 cm³/mol. The second-order valence-corrected chi connectivity index (χ2v) is 4.51. The van der Waals surface area contributed by atoms with E-state index in [1.54, 1.807) is 0 Å². The molecule has 0 saturated carbocycles. The first-order chi connectivity index (χ1) is 8.41. The number of hydrogen-bond donors (Lipinski definition) is 2. The van der Waals surface area contributed by atoms with Crippen LogP contribution in [0, 0.1) is 10.1 Å². The maximum atomic E-state index is 11.0. The fourth-order valence-electron chi connectivity index (χ4n) is 1.21. The molecular formula is C10H10Cl2N2O4. The number of nitrogens with zero attached hydrogens (tertiary/aromatic N) is 1. The Morgan fingerprint density at radius 3 is 2.39 bits per heavy atom.